The van der Waals surface area contributed by atoms with Crippen LogP contribution in [-0.2, 0) is 27.6 Å². The summed E-state index contributed by atoms with van der Waals surface area (Å²) in [4.78, 5) is 26.5. The molecular formula is C30H24F3NO3. The van der Waals surface area contributed by atoms with Crippen LogP contribution in [0.5, 0.6) is 0 Å². The number of alkyl halides is 3. The first-order chi connectivity index (χ1) is 17.7. The molecule has 4 nitrogen and oxygen atoms in total. The zero-order chi connectivity index (χ0) is 26.5. The molecule has 0 heterocycles. The highest BCUT2D eigenvalue weighted by atomic mass is 19.4. The fourth-order valence-electron chi connectivity index (χ4n) is 4.62. The molecule has 0 spiro atoms. The Bertz CT molecular complexity index is 1260. The Labute approximate surface area is 212 Å². The zero-order valence-corrected chi connectivity index (χ0v) is 19.7. The standard InChI is InChI=1S/C30H24F3NO3/c31-30(32,33)25-19-11-10-12-21(25)20-26(27(35)36)34-28(37)29(22-13-4-1-5-14-22,23-15-6-2-7-16-23)24-17-8-3-9-18-24/h1-19,26H,20H2,(H,34,37)(H,35,36)/t26-/m1/s1. The average molecular weight is 504 g/mol. The number of nitrogens with one attached hydrogen (secondary N) is 1. The Hall–Kier alpha value is -4.39. The molecule has 0 fully saturated rings. The maximum atomic E-state index is 14.3. The number of carbonyl (C=O) groups excluding carboxylic acids is 1. The van der Waals surface area contributed by atoms with Gasteiger partial charge >= 0.3 is 12.1 Å². The second kappa shape index (κ2) is 10.7. The molecule has 0 aliphatic rings. The summed E-state index contributed by atoms with van der Waals surface area (Å²) in [6, 6.07) is 29.9. The van der Waals surface area contributed by atoms with E-state index in [4.69, 9.17) is 0 Å². The van der Waals surface area contributed by atoms with E-state index in [0.717, 1.165) is 6.07 Å². The lowest BCUT2D eigenvalue weighted by molar-refractivity contribution is -0.143. The fraction of sp³-hybridized carbons (Fsp3) is 0.133. The predicted octanol–water partition coefficient (Wildman–Crippen LogP) is 5.85. The van der Waals surface area contributed by atoms with E-state index in [2.05, 4.69) is 5.32 Å². The number of hydrogen-bond acceptors (Lipinski definition) is 2. The van der Waals surface area contributed by atoms with Crippen molar-refractivity contribution in [2.45, 2.75) is 24.1 Å². The first-order valence-corrected chi connectivity index (χ1v) is 11.6. The molecule has 7 heteroatoms. The summed E-state index contributed by atoms with van der Waals surface area (Å²) in [6.45, 7) is 0. The summed E-state index contributed by atoms with van der Waals surface area (Å²) >= 11 is 0. The van der Waals surface area contributed by atoms with Crippen molar-refractivity contribution in [2.75, 3.05) is 0 Å². The number of halogens is 3. The summed E-state index contributed by atoms with van der Waals surface area (Å²) in [5, 5.41) is 12.5. The number of carboxylic acids is 1. The van der Waals surface area contributed by atoms with Crippen molar-refractivity contribution in [2.24, 2.45) is 0 Å². The topological polar surface area (TPSA) is 66.4 Å². The van der Waals surface area contributed by atoms with Gasteiger partial charge in [0.05, 0.1) is 5.56 Å². The number of hydrogen-bond donors (Lipinski definition) is 2. The van der Waals surface area contributed by atoms with E-state index in [1.54, 1.807) is 91.0 Å². The van der Waals surface area contributed by atoms with E-state index < -0.39 is 41.5 Å². The molecule has 4 rings (SSSR count). The van der Waals surface area contributed by atoms with Crippen LogP contribution >= 0.6 is 0 Å². The number of rotatable bonds is 8. The Balaban J connectivity index is 1.84. The van der Waals surface area contributed by atoms with E-state index in [1.807, 2.05) is 0 Å². The maximum Gasteiger partial charge on any atom is 0.416 e. The summed E-state index contributed by atoms with van der Waals surface area (Å²) in [5.41, 5.74) is -0.844. The quantitative estimate of drug-likeness (QED) is 0.297. The molecule has 0 aliphatic heterocycles. The first-order valence-electron chi connectivity index (χ1n) is 11.6. The van der Waals surface area contributed by atoms with Gasteiger partial charge in [0.2, 0.25) is 5.91 Å². The lowest BCUT2D eigenvalue weighted by atomic mass is 9.68. The van der Waals surface area contributed by atoms with Gasteiger partial charge in [0.15, 0.2) is 0 Å². The predicted molar refractivity (Wildman–Crippen MR) is 134 cm³/mol. The molecule has 188 valence electrons. The second-order valence-corrected chi connectivity index (χ2v) is 8.57. The van der Waals surface area contributed by atoms with Crippen molar-refractivity contribution in [3.63, 3.8) is 0 Å². The molecular weight excluding hydrogens is 479 g/mol. The third-order valence-corrected chi connectivity index (χ3v) is 6.31. The second-order valence-electron chi connectivity index (χ2n) is 8.57. The van der Waals surface area contributed by atoms with Crippen molar-refractivity contribution in [3.05, 3.63) is 143 Å². The van der Waals surface area contributed by atoms with E-state index in [9.17, 15) is 27.9 Å². The smallest absolute Gasteiger partial charge is 0.416 e. The van der Waals surface area contributed by atoms with Crippen LogP contribution < -0.4 is 5.32 Å². The molecule has 0 saturated carbocycles. The highest BCUT2D eigenvalue weighted by Crippen LogP contribution is 2.40. The van der Waals surface area contributed by atoms with E-state index in [0.29, 0.717) is 16.7 Å². The van der Waals surface area contributed by atoms with E-state index >= 15 is 0 Å². The summed E-state index contributed by atoms with van der Waals surface area (Å²) in [6.07, 6.45) is -5.20. The van der Waals surface area contributed by atoms with E-state index in [1.165, 1.54) is 18.2 Å². The minimum absolute atomic E-state index is 0.215. The average Bonchev–Trinajstić information content (AvgIpc) is 2.90. The molecule has 0 saturated heterocycles. The Morgan fingerprint density at radius 2 is 1.08 bits per heavy atom. The SMILES string of the molecule is O=C(O)[C@@H](Cc1ccccc1C(F)(F)F)NC(=O)C(c1ccccc1)(c1ccccc1)c1ccccc1. The summed E-state index contributed by atoms with van der Waals surface area (Å²) in [7, 11) is 0. The Morgan fingerprint density at radius 1 is 0.676 bits per heavy atom. The van der Waals surface area contributed by atoms with Crippen molar-refractivity contribution in [1.82, 2.24) is 5.32 Å². The number of carbonyl (C=O) groups is 2. The van der Waals surface area contributed by atoms with Crippen LogP contribution in [0.2, 0.25) is 0 Å². The van der Waals surface area contributed by atoms with Gasteiger partial charge in [-0.2, -0.15) is 13.2 Å². The lowest BCUT2D eigenvalue weighted by Gasteiger charge is -2.35. The van der Waals surface area contributed by atoms with Crippen LogP contribution in [0.15, 0.2) is 115 Å². The molecule has 0 aliphatic carbocycles. The molecule has 2 N–H and O–H groups in total. The van der Waals surface area contributed by atoms with Gasteiger partial charge in [-0.3, -0.25) is 4.79 Å². The highest BCUT2D eigenvalue weighted by Gasteiger charge is 2.45. The largest absolute Gasteiger partial charge is 0.480 e. The molecule has 0 unspecified atom stereocenters. The molecule has 4 aromatic carbocycles. The van der Waals surface area contributed by atoms with Gasteiger partial charge in [-0.1, -0.05) is 109 Å². The number of amides is 1. The summed E-state index contributed by atoms with van der Waals surface area (Å²) < 4.78 is 40.7. The number of aliphatic carboxylic acids is 1. The van der Waals surface area contributed by atoms with Gasteiger partial charge in [0.25, 0.3) is 0 Å². The highest BCUT2D eigenvalue weighted by molar-refractivity contribution is 5.98. The van der Waals surface area contributed by atoms with Gasteiger partial charge in [0, 0.05) is 6.42 Å². The number of benzene rings is 4. The van der Waals surface area contributed by atoms with Crippen LogP contribution in [0, 0.1) is 0 Å². The van der Waals surface area contributed by atoms with Crippen LogP contribution in [0.4, 0.5) is 13.2 Å². The molecule has 4 aromatic rings. The van der Waals surface area contributed by atoms with Gasteiger partial charge in [-0.25, -0.2) is 4.79 Å². The molecule has 0 bridgehead atoms. The van der Waals surface area contributed by atoms with Gasteiger partial charge < -0.3 is 10.4 Å². The van der Waals surface area contributed by atoms with Gasteiger partial charge in [0.1, 0.15) is 11.5 Å². The van der Waals surface area contributed by atoms with Crippen molar-refractivity contribution < 1.29 is 27.9 Å². The van der Waals surface area contributed by atoms with Crippen LogP contribution in [0.1, 0.15) is 27.8 Å². The van der Waals surface area contributed by atoms with Crippen molar-refractivity contribution >= 4 is 11.9 Å². The first kappa shape index (κ1) is 25.7. The zero-order valence-electron chi connectivity index (χ0n) is 19.7. The third-order valence-electron chi connectivity index (χ3n) is 6.31. The molecule has 1 atom stereocenters. The van der Waals surface area contributed by atoms with E-state index in [-0.39, 0.29) is 5.56 Å². The lowest BCUT2D eigenvalue weighted by Crippen LogP contribution is -2.52. The molecule has 1 amide bonds. The van der Waals surface area contributed by atoms with Crippen LogP contribution in [0.3, 0.4) is 0 Å². The fourth-order valence-corrected chi connectivity index (χ4v) is 4.62. The minimum Gasteiger partial charge on any atom is -0.480 e. The summed E-state index contributed by atoms with van der Waals surface area (Å²) in [5.74, 6) is -2.10. The van der Waals surface area contributed by atoms with Gasteiger partial charge in [-0.15, -0.1) is 0 Å². The number of carboxylic acid groups (broad SMARTS) is 1. The van der Waals surface area contributed by atoms with Crippen molar-refractivity contribution in [1.29, 1.82) is 0 Å². The van der Waals surface area contributed by atoms with Crippen LogP contribution in [-0.4, -0.2) is 23.0 Å². The van der Waals surface area contributed by atoms with Crippen LogP contribution in [0.25, 0.3) is 0 Å². The monoisotopic (exact) mass is 503 g/mol. The third kappa shape index (κ3) is 5.26. The maximum absolute atomic E-state index is 14.3. The van der Waals surface area contributed by atoms with Crippen molar-refractivity contribution in [3.8, 4) is 0 Å². The molecule has 37 heavy (non-hydrogen) atoms. The Morgan fingerprint density at radius 3 is 1.49 bits per heavy atom. The Kier molecular flexibility index (Phi) is 7.43. The molecule has 0 aromatic heterocycles. The minimum atomic E-state index is -4.66. The van der Waals surface area contributed by atoms with Gasteiger partial charge in [-0.05, 0) is 28.3 Å². The normalized spacial score (nSPS) is 12.5. The molecule has 0 radical (unpaired) electrons.